The van der Waals surface area contributed by atoms with E-state index in [4.69, 9.17) is 18.9 Å². The summed E-state index contributed by atoms with van der Waals surface area (Å²) in [5.41, 5.74) is 2.27. The number of carbonyl (C=O) groups excluding carboxylic acids is 1. The number of nitrogens with one attached hydrogen (secondary N) is 1. The lowest BCUT2D eigenvalue weighted by Gasteiger charge is -2.19. The van der Waals surface area contributed by atoms with Gasteiger partial charge in [0.1, 0.15) is 11.5 Å². The van der Waals surface area contributed by atoms with Gasteiger partial charge in [-0.2, -0.15) is 5.10 Å². The van der Waals surface area contributed by atoms with Crippen LogP contribution in [0.25, 0.3) is 0 Å². The first-order chi connectivity index (χ1) is 15.0. The van der Waals surface area contributed by atoms with E-state index >= 15 is 0 Å². The van der Waals surface area contributed by atoms with E-state index in [9.17, 15) is 4.79 Å². The maximum atomic E-state index is 13.0. The van der Waals surface area contributed by atoms with Crippen molar-refractivity contribution in [1.29, 1.82) is 0 Å². The largest absolute Gasteiger partial charge is 0.496 e. The fraction of sp³-hybridized carbons (Fsp3) is 0.304. The van der Waals surface area contributed by atoms with Gasteiger partial charge < -0.3 is 24.3 Å². The predicted molar refractivity (Wildman–Crippen MR) is 116 cm³/mol. The van der Waals surface area contributed by atoms with E-state index in [1.54, 1.807) is 25.4 Å². The number of methoxy groups -OCH3 is 4. The Kier molecular flexibility index (Phi) is 7.02. The molecule has 0 bridgehead atoms. The monoisotopic (exact) mass is 425 g/mol. The van der Waals surface area contributed by atoms with Crippen molar-refractivity contribution in [3.8, 4) is 23.0 Å². The van der Waals surface area contributed by atoms with Gasteiger partial charge in [0.15, 0.2) is 11.5 Å². The van der Waals surface area contributed by atoms with Crippen molar-refractivity contribution >= 4 is 5.91 Å². The summed E-state index contributed by atoms with van der Waals surface area (Å²) < 4.78 is 23.3. The second-order valence-corrected chi connectivity index (χ2v) is 6.88. The number of rotatable bonds is 9. The lowest BCUT2D eigenvalue weighted by Crippen LogP contribution is -2.27. The summed E-state index contributed by atoms with van der Waals surface area (Å²) in [4.78, 5) is 13.0. The van der Waals surface area contributed by atoms with Gasteiger partial charge in [-0.25, -0.2) is 0 Å². The van der Waals surface area contributed by atoms with Crippen LogP contribution in [-0.2, 0) is 6.54 Å². The summed E-state index contributed by atoms with van der Waals surface area (Å²) in [5.74, 6) is 1.82. The minimum Gasteiger partial charge on any atom is -0.496 e. The van der Waals surface area contributed by atoms with Gasteiger partial charge in [0.25, 0.3) is 5.91 Å². The Morgan fingerprint density at radius 1 is 0.968 bits per heavy atom. The minimum absolute atomic E-state index is 0.257. The van der Waals surface area contributed by atoms with Crippen molar-refractivity contribution in [2.24, 2.45) is 0 Å². The molecule has 0 aliphatic carbocycles. The van der Waals surface area contributed by atoms with Crippen LogP contribution in [0.2, 0.25) is 0 Å². The molecular formula is C23H27N3O5. The molecule has 0 fully saturated rings. The third kappa shape index (κ3) is 4.91. The van der Waals surface area contributed by atoms with E-state index in [0.29, 0.717) is 29.4 Å². The summed E-state index contributed by atoms with van der Waals surface area (Å²) in [5, 5.41) is 7.28. The Labute approximate surface area is 181 Å². The van der Waals surface area contributed by atoms with Crippen LogP contribution in [0.15, 0.2) is 48.8 Å². The van der Waals surface area contributed by atoms with Crippen LogP contribution in [0.1, 0.15) is 34.5 Å². The molecule has 2 aromatic carbocycles. The maximum Gasteiger partial charge on any atom is 0.255 e. The molecule has 1 amide bonds. The highest BCUT2D eigenvalue weighted by molar-refractivity contribution is 5.98. The Hall–Kier alpha value is -3.68. The van der Waals surface area contributed by atoms with E-state index in [1.807, 2.05) is 42.1 Å². The second kappa shape index (κ2) is 9.88. The molecule has 0 spiro atoms. The number of hydrogen-bond donors (Lipinski definition) is 1. The fourth-order valence-corrected chi connectivity index (χ4v) is 3.32. The molecule has 3 aromatic rings. The summed E-state index contributed by atoms with van der Waals surface area (Å²) in [6.45, 7) is 2.48. The zero-order chi connectivity index (χ0) is 22.4. The number of nitrogens with zero attached hydrogens (tertiary/aromatic N) is 2. The van der Waals surface area contributed by atoms with Crippen LogP contribution in [0.4, 0.5) is 0 Å². The maximum absolute atomic E-state index is 13.0. The van der Waals surface area contributed by atoms with E-state index < -0.39 is 0 Å². The van der Waals surface area contributed by atoms with Gasteiger partial charge in [-0.1, -0.05) is 6.07 Å². The van der Waals surface area contributed by atoms with Crippen molar-refractivity contribution in [2.45, 2.75) is 19.5 Å². The summed E-state index contributed by atoms with van der Waals surface area (Å²) in [6, 6.07) is 10.7. The molecular weight excluding hydrogens is 398 g/mol. The molecule has 0 saturated carbocycles. The van der Waals surface area contributed by atoms with Crippen LogP contribution in [-0.4, -0.2) is 44.1 Å². The highest BCUT2D eigenvalue weighted by atomic mass is 16.5. The zero-order valence-corrected chi connectivity index (χ0v) is 18.3. The van der Waals surface area contributed by atoms with Crippen LogP contribution in [0.5, 0.6) is 23.0 Å². The molecule has 1 N–H and O–H groups in total. The number of carbonyl (C=O) groups is 1. The standard InChI is InChI=1S/C23H27N3O5/c1-15(16-7-8-19(28-2)17(11-16)14-26-10-6-9-24-26)25-23(27)18-12-21(30-4)22(31-5)13-20(18)29-3/h6-13,15H,14H2,1-5H3,(H,25,27)/t15-/m1/s1. The Morgan fingerprint density at radius 3 is 2.26 bits per heavy atom. The van der Waals surface area contributed by atoms with Crippen LogP contribution < -0.4 is 24.3 Å². The summed E-state index contributed by atoms with van der Waals surface area (Å²) in [6.07, 6.45) is 3.62. The summed E-state index contributed by atoms with van der Waals surface area (Å²) in [7, 11) is 6.19. The molecule has 0 aliphatic rings. The van der Waals surface area contributed by atoms with Gasteiger partial charge in [0.05, 0.1) is 46.6 Å². The minimum atomic E-state index is -0.283. The van der Waals surface area contributed by atoms with E-state index in [-0.39, 0.29) is 11.9 Å². The molecule has 0 aliphatic heterocycles. The van der Waals surface area contributed by atoms with Gasteiger partial charge >= 0.3 is 0 Å². The number of aromatic nitrogens is 2. The molecule has 1 heterocycles. The topological polar surface area (TPSA) is 83.8 Å². The Balaban J connectivity index is 1.84. The van der Waals surface area contributed by atoms with E-state index in [2.05, 4.69) is 10.4 Å². The molecule has 31 heavy (non-hydrogen) atoms. The molecule has 0 unspecified atom stereocenters. The molecule has 3 rings (SSSR count). The van der Waals surface area contributed by atoms with Crippen molar-refractivity contribution < 1.29 is 23.7 Å². The normalized spacial score (nSPS) is 11.5. The second-order valence-electron chi connectivity index (χ2n) is 6.88. The van der Waals surface area contributed by atoms with E-state index in [1.165, 1.54) is 21.3 Å². The number of amides is 1. The third-order valence-corrected chi connectivity index (χ3v) is 4.99. The van der Waals surface area contributed by atoms with Crippen molar-refractivity contribution in [1.82, 2.24) is 15.1 Å². The van der Waals surface area contributed by atoms with Crippen molar-refractivity contribution in [3.63, 3.8) is 0 Å². The van der Waals surface area contributed by atoms with Crippen molar-refractivity contribution in [2.75, 3.05) is 28.4 Å². The first kappa shape index (κ1) is 22.0. The molecule has 164 valence electrons. The average Bonchev–Trinajstić information content (AvgIpc) is 3.30. The summed E-state index contributed by atoms with van der Waals surface area (Å²) >= 11 is 0. The SMILES string of the molecule is COc1ccc([C@@H](C)NC(=O)c2cc(OC)c(OC)cc2OC)cc1Cn1cccn1. The van der Waals surface area contributed by atoms with Crippen LogP contribution in [0.3, 0.4) is 0 Å². The van der Waals surface area contributed by atoms with Gasteiger partial charge in [0, 0.05) is 30.1 Å². The number of hydrogen-bond acceptors (Lipinski definition) is 6. The Bertz CT molecular complexity index is 1030. The number of benzene rings is 2. The van der Waals surface area contributed by atoms with Gasteiger partial charge in [-0.3, -0.25) is 9.48 Å². The lowest BCUT2D eigenvalue weighted by atomic mass is 10.0. The van der Waals surface area contributed by atoms with Gasteiger partial charge in [-0.15, -0.1) is 0 Å². The van der Waals surface area contributed by atoms with Gasteiger partial charge in [-0.05, 0) is 30.7 Å². The van der Waals surface area contributed by atoms with Crippen molar-refractivity contribution in [3.05, 3.63) is 65.5 Å². The molecule has 0 radical (unpaired) electrons. The average molecular weight is 425 g/mol. The Morgan fingerprint density at radius 2 is 1.65 bits per heavy atom. The zero-order valence-electron chi connectivity index (χ0n) is 18.3. The van der Waals surface area contributed by atoms with Crippen LogP contribution in [0, 0.1) is 0 Å². The molecule has 0 saturated heterocycles. The first-order valence-electron chi connectivity index (χ1n) is 9.75. The highest BCUT2D eigenvalue weighted by Crippen LogP contribution is 2.35. The molecule has 1 aromatic heterocycles. The van der Waals surface area contributed by atoms with Gasteiger partial charge in [0.2, 0.25) is 0 Å². The molecule has 8 heteroatoms. The lowest BCUT2D eigenvalue weighted by molar-refractivity contribution is 0.0936. The smallest absolute Gasteiger partial charge is 0.255 e. The number of ether oxygens (including phenoxy) is 4. The molecule has 8 nitrogen and oxygen atoms in total. The predicted octanol–water partition coefficient (Wildman–Crippen LogP) is 3.46. The fourth-order valence-electron chi connectivity index (χ4n) is 3.32. The first-order valence-corrected chi connectivity index (χ1v) is 9.75. The highest BCUT2D eigenvalue weighted by Gasteiger charge is 2.20. The molecule has 1 atom stereocenters. The van der Waals surface area contributed by atoms with E-state index in [0.717, 1.165) is 16.9 Å². The third-order valence-electron chi connectivity index (χ3n) is 4.99. The quantitative estimate of drug-likeness (QED) is 0.565. The van der Waals surface area contributed by atoms with Crippen LogP contribution >= 0.6 is 0 Å².